The summed E-state index contributed by atoms with van der Waals surface area (Å²) in [5.74, 6) is -0.0573. The second-order valence-electron chi connectivity index (χ2n) is 6.21. The van der Waals surface area contributed by atoms with Crippen LogP contribution in [0.2, 0.25) is 0 Å². The quantitative estimate of drug-likeness (QED) is 0.834. The van der Waals surface area contributed by atoms with Crippen molar-refractivity contribution >= 4 is 11.8 Å². The van der Waals surface area contributed by atoms with Crippen molar-refractivity contribution in [2.24, 2.45) is 0 Å². The fourth-order valence-corrected chi connectivity index (χ4v) is 3.12. The van der Waals surface area contributed by atoms with Gasteiger partial charge >= 0.3 is 0 Å². The average Bonchev–Trinajstić information content (AvgIpc) is 2.92. The normalized spacial score (nSPS) is 21.7. The molecule has 1 aliphatic rings. The van der Waals surface area contributed by atoms with Gasteiger partial charge in [0.15, 0.2) is 0 Å². The zero-order valence-electron chi connectivity index (χ0n) is 13.5. The van der Waals surface area contributed by atoms with E-state index in [1.165, 1.54) is 0 Å². The van der Waals surface area contributed by atoms with E-state index in [0.29, 0.717) is 13.0 Å². The zero-order valence-corrected chi connectivity index (χ0v) is 13.5. The first-order chi connectivity index (χ1) is 9.75. The first-order valence-corrected chi connectivity index (χ1v) is 7.29. The standard InChI is InChI=1S/C15H24N4O2/c1-11-9-12(2)19(16-11)10-13(20)18-8-6-7-15(18,3)14(21)17(4)5/h9H,6-8,10H2,1-5H3/t15-/m1/s1. The first kappa shape index (κ1) is 15.5. The second-order valence-corrected chi connectivity index (χ2v) is 6.21. The summed E-state index contributed by atoms with van der Waals surface area (Å²) < 4.78 is 1.70. The first-order valence-electron chi connectivity index (χ1n) is 7.29. The summed E-state index contributed by atoms with van der Waals surface area (Å²) in [6, 6.07) is 1.95. The fourth-order valence-electron chi connectivity index (χ4n) is 3.12. The third-order valence-electron chi connectivity index (χ3n) is 4.20. The molecule has 1 atom stereocenters. The van der Waals surface area contributed by atoms with Crippen LogP contribution in [0, 0.1) is 13.8 Å². The zero-order chi connectivity index (χ0) is 15.8. The SMILES string of the molecule is Cc1cc(C)n(CC(=O)N2CCC[C@]2(C)C(=O)N(C)C)n1. The van der Waals surface area contributed by atoms with Gasteiger partial charge in [-0.1, -0.05) is 0 Å². The Morgan fingerprint density at radius 2 is 2.05 bits per heavy atom. The third kappa shape index (κ3) is 2.80. The molecule has 2 amide bonds. The molecule has 0 radical (unpaired) electrons. The lowest BCUT2D eigenvalue weighted by atomic mass is 9.97. The maximum atomic E-state index is 12.6. The Morgan fingerprint density at radius 1 is 1.38 bits per heavy atom. The van der Waals surface area contributed by atoms with Crippen LogP contribution >= 0.6 is 0 Å². The maximum absolute atomic E-state index is 12.6. The molecule has 0 aromatic carbocycles. The van der Waals surface area contributed by atoms with Crippen LogP contribution in [0.25, 0.3) is 0 Å². The number of aromatic nitrogens is 2. The minimum absolute atomic E-state index is 0.0123. The number of hydrogen-bond donors (Lipinski definition) is 0. The number of nitrogens with zero attached hydrogens (tertiary/aromatic N) is 4. The predicted molar refractivity (Wildman–Crippen MR) is 79.7 cm³/mol. The molecule has 116 valence electrons. The molecule has 6 nitrogen and oxygen atoms in total. The van der Waals surface area contributed by atoms with Crippen molar-refractivity contribution in [1.29, 1.82) is 0 Å². The van der Waals surface area contributed by atoms with Crippen molar-refractivity contribution in [3.63, 3.8) is 0 Å². The lowest BCUT2D eigenvalue weighted by molar-refractivity contribution is -0.149. The van der Waals surface area contributed by atoms with Crippen molar-refractivity contribution in [2.45, 2.75) is 45.7 Å². The van der Waals surface area contributed by atoms with Crippen LogP contribution in [0.3, 0.4) is 0 Å². The topological polar surface area (TPSA) is 58.4 Å². The number of aryl methyl sites for hydroxylation is 2. The van der Waals surface area contributed by atoms with Crippen LogP contribution in [0.1, 0.15) is 31.2 Å². The number of hydrogen-bond acceptors (Lipinski definition) is 3. The monoisotopic (exact) mass is 292 g/mol. The van der Waals surface area contributed by atoms with Gasteiger partial charge in [0.2, 0.25) is 11.8 Å². The van der Waals surface area contributed by atoms with Gasteiger partial charge in [0.05, 0.1) is 5.69 Å². The second kappa shape index (κ2) is 5.50. The van der Waals surface area contributed by atoms with Gasteiger partial charge in [-0.3, -0.25) is 14.3 Å². The van der Waals surface area contributed by atoms with E-state index in [1.807, 2.05) is 26.8 Å². The fraction of sp³-hybridized carbons (Fsp3) is 0.667. The lowest BCUT2D eigenvalue weighted by Gasteiger charge is -2.35. The summed E-state index contributed by atoms with van der Waals surface area (Å²) in [5, 5.41) is 4.32. The molecule has 1 aromatic rings. The van der Waals surface area contributed by atoms with Crippen molar-refractivity contribution in [3.8, 4) is 0 Å². The van der Waals surface area contributed by atoms with Crippen molar-refractivity contribution in [1.82, 2.24) is 19.6 Å². The molecule has 0 spiro atoms. The summed E-state index contributed by atoms with van der Waals surface area (Å²) in [4.78, 5) is 28.3. The lowest BCUT2D eigenvalue weighted by Crippen LogP contribution is -2.55. The number of carbonyl (C=O) groups excluding carboxylic acids is 2. The molecule has 2 rings (SSSR count). The predicted octanol–water partition coefficient (Wildman–Crippen LogP) is 0.969. The smallest absolute Gasteiger partial charge is 0.247 e. The summed E-state index contributed by atoms with van der Waals surface area (Å²) in [6.07, 6.45) is 1.58. The van der Waals surface area contributed by atoms with Crippen molar-refractivity contribution in [3.05, 3.63) is 17.5 Å². The summed E-state index contributed by atoms with van der Waals surface area (Å²) >= 11 is 0. The van der Waals surface area contributed by atoms with Gasteiger partial charge < -0.3 is 9.80 Å². The van der Waals surface area contributed by atoms with Gasteiger partial charge in [-0.25, -0.2) is 0 Å². The van der Waals surface area contributed by atoms with Crippen LogP contribution in [0.4, 0.5) is 0 Å². The van der Waals surface area contributed by atoms with Crippen molar-refractivity contribution in [2.75, 3.05) is 20.6 Å². The Hall–Kier alpha value is -1.85. The van der Waals surface area contributed by atoms with E-state index in [4.69, 9.17) is 0 Å². The van der Waals surface area contributed by atoms with E-state index in [-0.39, 0.29) is 18.4 Å². The Kier molecular flexibility index (Phi) is 4.07. The number of rotatable bonds is 3. The number of carbonyl (C=O) groups is 2. The molecule has 1 aliphatic heterocycles. The Morgan fingerprint density at radius 3 is 2.57 bits per heavy atom. The molecule has 0 unspecified atom stereocenters. The maximum Gasteiger partial charge on any atom is 0.247 e. The van der Waals surface area contributed by atoms with Crippen molar-refractivity contribution < 1.29 is 9.59 Å². The van der Waals surface area contributed by atoms with Crippen LogP contribution in [0.5, 0.6) is 0 Å². The Bertz CT molecular complexity index is 564. The summed E-state index contributed by atoms with van der Waals surface area (Å²) in [7, 11) is 3.46. The highest BCUT2D eigenvalue weighted by Crippen LogP contribution is 2.30. The highest BCUT2D eigenvalue weighted by molar-refractivity contribution is 5.91. The van der Waals surface area contributed by atoms with E-state index in [0.717, 1.165) is 17.8 Å². The Labute approximate surface area is 125 Å². The van der Waals surface area contributed by atoms with E-state index >= 15 is 0 Å². The minimum Gasteiger partial charge on any atom is -0.347 e. The van der Waals surface area contributed by atoms with Gasteiger partial charge in [-0.15, -0.1) is 0 Å². The molecular formula is C15H24N4O2. The Balaban J connectivity index is 2.18. The molecule has 1 aromatic heterocycles. The highest BCUT2D eigenvalue weighted by atomic mass is 16.2. The van der Waals surface area contributed by atoms with Gasteiger partial charge in [-0.05, 0) is 39.7 Å². The summed E-state index contributed by atoms with van der Waals surface area (Å²) in [5.41, 5.74) is 1.13. The van der Waals surface area contributed by atoms with Crippen LogP contribution in [0.15, 0.2) is 6.07 Å². The van der Waals surface area contributed by atoms with E-state index in [2.05, 4.69) is 5.10 Å². The molecule has 1 fully saturated rings. The number of amides is 2. The molecule has 6 heteroatoms. The highest BCUT2D eigenvalue weighted by Gasteiger charge is 2.46. The number of likely N-dealkylation sites (N-methyl/N-ethyl adjacent to an activating group) is 1. The van der Waals surface area contributed by atoms with Crippen LogP contribution in [-0.2, 0) is 16.1 Å². The van der Waals surface area contributed by atoms with Crippen LogP contribution < -0.4 is 0 Å². The summed E-state index contributed by atoms with van der Waals surface area (Å²) in [6.45, 7) is 6.52. The minimum atomic E-state index is -0.726. The third-order valence-corrected chi connectivity index (χ3v) is 4.20. The molecule has 0 N–H and O–H groups in total. The molecular weight excluding hydrogens is 268 g/mol. The molecule has 0 aliphatic carbocycles. The van der Waals surface area contributed by atoms with Gasteiger partial charge in [0.25, 0.3) is 0 Å². The van der Waals surface area contributed by atoms with E-state index in [9.17, 15) is 9.59 Å². The molecule has 21 heavy (non-hydrogen) atoms. The van der Waals surface area contributed by atoms with Crippen LogP contribution in [-0.4, -0.2) is 57.6 Å². The van der Waals surface area contributed by atoms with E-state index < -0.39 is 5.54 Å². The van der Waals surface area contributed by atoms with Gasteiger partial charge in [0, 0.05) is 26.3 Å². The molecule has 2 heterocycles. The van der Waals surface area contributed by atoms with Gasteiger partial charge in [-0.2, -0.15) is 5.10 Å². The molecule has 0 bridgehead atoms. The van der Waals surface area contributed by atoms with Gasteiger partial charge in [0.1, 0.15) is 12.1 Å². The number of likely N-dealkylation sites (tertiary alicyclic amines) is 1. The van der Waals surface area contributed by atoms with E-state index in [1.54, 1.807) is 28.6 Å². The largest absolute Gasteiger partial charge is 0.347 e. The molecule has 1 saturated heterocycles. The average molecular weight is 292 g/mol. The molecule has 0 saturated carbocycles.